The Kier molecular flexibility index (Phi) is 5.77. The van der Waals surface area contributed by atoms with Crippen LogP contribution in [0.5, 0.6) is 5.75 Å². The molecule has 22 heavy (non-hydrogen) atoms. The normalized spacial score (nSPS) is 10.1. The van der Waals surface area contributed by atoms with Crippen LogP contribution in [-0.2, 0) is 9.53 Å². The Morgan fingerprint density at radius 3 is 2.59 bits per heavy atom. The second-order valence-corrected chi connectivity index (χ2v) is 4.39. The molecule has 0 aliphatic heterocycles. The van der Waals surface area contributed by atoms with Crippen LogP contribution in [0.3, 0.4) is 0 Å². The van der Waals surface area contributed by atoms with Gasteiger partial charge in [-0.3, -0.25) is 0 Å². The second-order valence-electron chi connectivity index (χ2n) is 4.39. The summed E-state index contributed by atoms with van der Waals surface area (Å²) >= 11 is 0. The Morgan fingerprint density at radius 2 is 1.82 bits per heavy atom. The SMILES string of the molecule is N#Cc1ccccc1OCC(=O)OC/C=C/c1ccccc1. The lowest BCUT2D eigenvalue weighted by atomic mass is 10.2. The van der Waals surface area contributed by atoms with Crippen molar-refractivity contribution in [2.24, 2.45) is 0 Å². The van der Waals surface area contributed by atoms with Crippen LogP contribution in [0.2, 0.25) is 0 Å². The first-order chi connectivity index (χ1) is 10.8. The molecule has 2 rings (SSSR count). The largest absolute Gasteiger partial charge is 0.481 e. The number of carbonyl (C=O) groups excluding carboxylic acids is 1. The molecule has 0 heterocycles. The van der Waals surface area contributed by atoms with Gasteiger partial charge in [-0.1, -0.05) is 48.5 Å². The van der Waals surface area contributed by atoms with Crippen molar-refractivity contribution < 1.29 is 14.3 Å². The van der Waals surface area contributed by atoms with E-state index in [4.69, 9.17) is 14.7 Å². The summed E-state index contributed by atoms with van der Waals surface area (Å²) in [4.78, 5) is 11.6. The molecule has 0 amide bonds. The molecule has 0 radical (unpaired) electrons. The first-order valence-electron chi connectivity index (χ1n) is 6.79. The zero-order valence-electron chi connectivity index (χ0n) is 11.9. The maximum Gasteiger partial charge on any atom is 0.344 e. The Balaban J connectivity index is 1.75. The fraction of sp³-hybridized carbons (Fsp3) is 0.111. The maximum atomic E-state index is 11.6. The van der Waals surface area contributed by atoms with E-state index in [0.29, 0.717) is 11.3 Å². The van der Waals surface area contributed by atoms with Gasteiger partial charge in [-0.25, -0.2) is 4.79 Å². The zero-order valence-corrected chi connectivity index (χ0v) is 11.9. The van der Waals surface area contributed by atoms with Crippen molar-refractivity contribution in [2.75, 3.05) is 13.2 Å². The van der Waals surface area contributed by atoms with Crippen LogP contribution in [0, 0.1) is 11.3 Å². The summed E-state index contributed by atoms with van der Waals surface area (Å²) < 4.78 is 10.3. The lowest BCUT2D eigenvalue weighted by Crippen LogP contribution is -2.15. The van der Waals surface area contributed by atoms with Gasteiger partial charge < -0.3 is 9.47 Å². The smallest absolute Gasteiger partial charge is 0.344 e. The number of carbonyl (C=O) groups is 1. The van der Waals surface area contributed by atoms with Crippen molar-refractivity contribution in [2.45, 2.75) is 0 Å². The van der Waals surface area contributed by atoms with E-state index < -0.39 is 5.97 Å². The summed E-state index contributed by atoms with van der Waals surface area (Å²) in [6, 6.07) is 18.5. The third-order valence-corrected chi connectivity index (χ3v) is 2.80. The minimum atomic E-state index is -0.481. The molecule has 2 aromatic rings. The lowest BCUT2D eigenvalue weighted by Gasteiger charge is -2.06. The molecule has 0 spiro atoms. The standard InChI is InChI=1S/C18H15NO3/c19-13-16-10-4-5-11-17(16)22-14-18(20)21-12-6-9-15-7-2-1-3-8-15/h1-11H,12,14H2/b9-6+. The average Bonchev–Trinajstić information content (AvgIpc) is 2.58. The van der Waals surface area contributed by atoms with E-state index in [0.717, 1.165) is 5.56 Å². The number of esters is 1. The molecule has 0 aliphatic carbocycles. The molecule has 0 atom stereocenters. The van der Waals surface area contributed by atoms with Crippen LogP contribution in [0.1, 0.15) is 11.1 Å². The van der Waals surface area contributed by atoms with Gasteiger partial charge in [0.1, 0.15) is 18.4 Å². The molecule has 0 fully saturated rings. The Hall–Kier alpha value is -3.06. The molecule has 0 saturated carbocycles. The first kappa shape index (κ1) is 15.3. The highest BCUT2D eigenvalue weighted by Gasteiger charge is 2.06. The van der Waals surface area contributed by atoms with Gasteiger partial charge in [0.15, 0.2) is 6.61 Å². The molecule has 0 bridgehead atoms. The van der Waals surface area contributed by atoms with Gasteiger partial charge >= 0.3 is 5.97 Å². The fourth-order valence-electron chi connectivity index (χ4n) is 1.75. The van der Waals surface area contributed by atoms with Crippen LogP contribution in [0.15, 0.2) is 60.7 Å². The van der Waals surface area contributed by atoms with Crippen LogP contribution in [-0.4, -0.2) is 19.2 Å². The topological polar surface area (TPSA) is 59.3 Å². The Morgan fingerprint density at radius 1 is 1.09 bits per heavy atom. The Labute approximate surface area is 129 Å². The van der Waals surface area contributed by atoms with E-state index in [1.807, 2.05) is 42.5 Å². The van der Waals surface area contributed by atoms with Crippen LogP contribution in [0.25, 0.3) is 6.08 Å². The minimum absolute atomic E-state index is 0.178. The monoisotopic (exact) mass is 293 g/mol. The average molecular weight is 293 g/mol. The highest BCUT2D eigenvalue weighted by Crippen LogP contribution is 2.16. The number of ether oxygens (including phenoxy) is 2. The fourth-order valence-corrected chi connectivity index (χ4v) is 1.75. The number of nitrogens with zero attached hydrogens (tertiary/aromatic N) is 1. The number of para-hydroxylation sites is 1. The molecule has 4 nitrogen and oxygen atoms in total. The summed E-state index contributed by atoms with van der Waals surface area (Å²) in [6.45, 7) is -0.0468. The van der Waals surface area contributed by atoms with Gasteiger partial charge in [0.05, 0.1) is 5.56 Å². The molecule has 0 aliphatic rings. The van der Waals surface area contributed by atoms with E-state index in [2.05, 4.69) is 0 Å². The van der Waals surface area contributed by atoms with Crippen molar-refractivity contribution in [3.8, 4) is 11.8 Å². The van der Waals surface area contributed by atoms with Crippen molar-refractivity contribution in [1.82, 2.24) is 0 Å². The number of rotatable bonds is 6. The summed E-state index contributed by atoms with van der Waals surface area (Å²) in [7, 11) is 0. The summed E-state index contributed by atoms with van der Waals surface area (Å²) in [6.07, 6.45) is 3.63. The minimum Gasteiger partial charge on any atom is -0.481 e. The molecule has 0 saturated heterocycles. The first-order valence-corrected chi connectivity index (χ1v) is 6.79. The second kappa shape index (κ2) is 8.28. The van der Waals surface area contributed by atoms with Crippen LogP contribution >= 0.6 is 0 Å². The quantitative estimate of drug-likeness (QED) is 0.767. The highest BCUT2D eigenvalue weighted by atomic mass is 16.6. The third kappa shape index (κ3) is 4.80. The molecule has 0 N–H and O–H groups in total. The van der Waals surface area contributed by atoms with Crippen LogP contribution < -0.4 is 4.74 Å². The molecule has 0 unspecified atom stereocenters. The number of hydrogen-bond acceptors (Lipinski definition) is 4. The molecule has 4 heteroatoms. The van der Waals surface area contributed by atoms with E-state index in [1.165, 1.54) is 0 Å². The van der Waals surface area contributed by atoms with E-state index >= 15 is 0 Å². The summed E-state index contributed by atoms with van der Waals surface area (Å²) in [5.74, 6) is -0.104. The van der Waals surface area contributed by atoms with Crippen LogP contribution in [0.4, 0.5) is 0 Å². The molecular weight excluding hydrogens is 278 g/mol. The van der Waals surface area contributed by atoms with Crippen molar-refractivity contribution >= 4 is 12.0 Å². The van der Waals surface area contributed by atoms with Gasteiger partial charge in [0.25, 0.3) is 0 Å². The summed E-state index contributed by atoms with van der Waals surface area (Å²) in [5.41, 5.74) is 1.43. The molecular formula is C18H15NO3. The molecule has 110 valence electrons. The highest BCUT2D eigenvalue weighted by molar-refractivity contribution is 5.71. The van der Waals surface area contributed by atoms with E-state index in [1.54, 1.807) is 30.3 Å². The lowest BCUT2D eigenvalue weighted by molar-refractivity contribution is -0.144. The van der Waals surface area contributed by atoms with Crippen molar-refractivity contribution in [3.05, 3.63) is 71.8 Å². The predicted octanol–water partition coefficient (Wildman–Crippen LogP) is 3.19. The van der Waals surface area contributed by atoms with Crippen molar-refractivity contribution in [3.63, 3.8) is 0 Å². The number of benzene rings is 2. The zero-order chi connectivity index (χ0) is 15.6. The predicted molar refractivity (Wildman–Crippen MR) is 83.1 cm³/mol. The number of nitriles is 1. The van der Waals surface area contributed by atoms with Gasteiger partial charge in [-0.15, -0.1) is 0 Å². The summed E-state index contributed by atoms with van der Waals surface area (Å²) in [5, 5.41) is 8.91. The molecule has 2 aromatic carbocycles. The maximum absolute atomic E-state index is 11.6. The molecule has 0 aromatic heterocycles. The van der Waals surface area contributed by atoms with E-state index in [-0.39, 0.29) is 13.2 Å². The van der Waals surface area contributed by atoms with Gasteiger partial charge in [0.2, 0.25) is 0 Å². The van der Waals surface area contributed by atoms with Gasteiger partial charge in [-0.05, 0) is 23.8 Å². The van der Waals surface area contributed by atoms with Gasteiger partial charge in [-0.2, -0.15) is 5.26 Å². The van der Waals surface area contributed by atoms with Crippen molar-refractivity contribution in [1.29, 1.82) is 5.26 Å². The number of hydrogen-bond donors (Lipinski definition) is 0. The van der Waals surface area contributed by atoms with E-state index in [9.17, 15) is 4.79 Å². The van der Waals surface area contributed by atoms with Gasteiger partial charge in [0, 0.05) is 0 Å². The third-order valence-electron chi connectivity index (χ3n) is 2.80. The Bertz CT molecular complexity index is 687.